The number of halogens is 2. The minimum atomic E-state index is -0.431. The highest BCUT2D eigenvalue weighted by Crippen LogP contribution is 2.25. The SMILES string of the molecule is O=C(OCc1ccccc1)c1ccc(-n2sc(Cl)c(Cl)c2=O)cc1. The molecule has 0 radical (unpaired) electrons. The van der Waals surface area contributed by atoms with Gasteiger partial charge in [-0.05, 0) is 41.4 Å². The molecule has 0 unspecified atom stereocenters. The molecule has 3 aromatic rings. The molecule has 0 aliphatic rings. The van der Waals surface area contributed by atoms with Gasteiger partial charge in [0.25, 0.3) is 5.56 Å². The normalized spacial score (nSPS) is 10.6. The Kier molecular flexibility index (Phi) is 5.04. The van der Waals surface area contributed by atoms with Gasteiger partial charge in [0.2, 0.25) is 0 Å². The summed E-state index contributed by atoms with van der Waals surface area (Å²) < 4.78 is 6.85. The average molecular weight is 380 g/mol. The van der Waals surface area contributed by atoms with Crippen LogP contribution in [0.25, 0.3) is 5.69 Å². The Bertz CT molecular complexity index is 917. The van der Waals surface area contributed by atoms with Gasteiger partial charge in [0.05, 0.1) is 11.3 Å². The number of carbonyl (C=O) groups is 1. The second-order valence-electron chi connectivity index (χ2n) is 4.89. The Hall–Kier alpha value is -2.08. The van der Waals surface area contributed by atoms with Gasteiger partial charge in [-0.1, -0.05) is 53.5 Å². The van der Waals surface area contributed by atoms with E-state index in [4.69, 9.17) is 27.9 Å². The molecule has 3 rings (SSSR count). The summed E-state index contributed by atoms with van der Waals surface area (Å²) >= 11 is 12.7. The smallest absolute Gasteiger partial charge is 0.338 e. The summed E-state index contributed by atoms with van der Waals surface area (Å²) in [5.41, 5.74) is 1.51. The van der Waals surface area contributed by atoms with Crippen molar-refractivity contribution >= 4 is 40.7 Å². The zero-order chi connectivity index (χ0) is 17.1. The Balaban J connectivity index is 1.73. The predicted molar refractivity (Wildman–Crippen MR) is 95.5 cm³/mol. The van der Waals surface area contributed by atoms with E-state index in [-0.39, 0.29) is 21.5 Å². The molecule has 0 atom stereocenters. The second kappa shape index (κ2) is 7.21. The van der Waals surface area contributed by atoms with Crippen LogP contribution in [0.5, 0.6) is 0 Å². The summed E-state index contributed by atoms with van der Waals surface area (Å²) in [6.07, 6.45) is 0. The van der Waals surface area contributed by atoms with Crippen LogP contribution in [-0.4, -0.2) is 9.93 Å². The summed E-state index contributed by atoms with van der Waals surface area (Å²) in [6.45, 7) is 0.205. The molecule has 1 heterocycles. The lowest BCUT2D eigenvalue weighted by Gasteiger charge is -2.06. The molecule has 24 heavy (non-hydrogen) atoms. The third-order valence-corrected chi connectivity index (χ3v) is 5.15. The Labute approximate surface area is 152 Å². The molecule has 4 nitrogen and oxygen atoms in total. The van der Waals surface area contributed by atoms with Gasteiger partial charge in [-0.2, -0.15) is 0 Å². The van der Waals surface area contributed by atoms with Crippen molar-refractivity contribution in [2.75, 3.05) is 0 Å². The minimum absolute atomic E-state index is 0.00647. The topological polar surface area (TPSA) is 48.3 Å². The van der Waals surface area contributed by atoms with Crippen molar-refractivity contribution in [2.24, 2.45) is 0 Å². The Morgan fingerprint density at radius 1 is 1.04 bits per heavy atom. The summed E-state index contributed by atoms with van der Waals surface area (Å²) in [5, 5.41) is -0.00647. The number of benzene rings is 2. The van der Waals surface area contributed by atoms with Gasteiger partial charge in [0.15, 0.2) is 0 Å². The van der Waals surface area contributed by atoms with E-state index in [9.17, 15) is 9.59 Å². The largest absolute Gasteiger partial charge is 0.457 e. The zero-order valence-electron chi connectivity index (χ0n) is 12.2. The maximum Gasteiger partial charge on any atom is 0.338 e. The number of ether oxygens (including phenoxy) is 1. The van der Waals surface area contributed by atoms with Gasteiger partial charge < -0.3 is 4.74 Å². The predicted octanol–water partition coefficient (Wildman–Crippen LogP) is 4.56. The molecule has 0 bridgehead atoms. The lowest BCUT2D eigenvalue weighted by Crippen LogP contribution is -2.11. The minimum Gasteiger partial charge on any atom is -0.457 e. The molecule has 0 amide bonds. The summed E-state index contributed by atoms with van der Waals surface area (Å²) in [6, 6.07) is 15.9. The maximum absolute atomic E-state index is 12.1. The maximum atomic E-state index is 12.1. The molecule has 0 aliphatic carbocycles. The van der Waals surface area contributed by atoms with Crippen molar-refractivity contribution < 1.29 is 9.53 Å². The molecular weight excluding hydrogens is 369 g/mol. The van der Waals surface area contributed by atoms with E-state index in [0.717, 1.165) is 17.1 Å². The molecule has 0 spiro atoms. The van der Waals surface area contributed by atoms with Crippen molar-refractivity contribution in [3.63, 3.8) is 0 Å². The number of nitrogens with zero attached hydrogens (tertiary/aromatic N) is 1. The molecular formula is C17H11Cl2NO3S. The van der Waals surface area contributed by atoms with Gasteiger partial charge >= 0.3 is 5.97 Å². The fourth-order valence-electron chi connectivity index (χ4n) is 2.04. The molecule has 0 aliphatic heterocycles. The van der Waals surface area contributed by atoms with Crippen LogP contribution in [0.1, 0.15) is 15.9 Å². The Morgan fingerprint density at radius 2 is 1.71 bits per heavy atom. The van der Waals surface area contributed by atoms with Crippen LogP contribution in [0, 0.1) is 0 Å². The van der Waals surface area contributed by atoms with Crippen molar-refractivity contribution in [1.82, 2.24) is 3.96 Å². The first-order valence-corrected chi connectivity index (χ1v) is 8.48. The quantitative estimate of drug-likeness (QED) is 0.624. The molecule has 0 saturated carbocycles. The van der Waals surface area contributed by atoms with E-state index in [1.165, 1.54) is 3.96 Å². The number of rotatable bonds is 4. The summed E-state index contributed by atoms with van der Waals surface area (Å²) in [4.78, 5) is 24.0. The first-order chi connectivity index (χ1) is 11.6. The molecule has 7 heteroatoms. The van der Waals surface area contributed by atoms with Crippen LogP contribution in [-0.2, 0) is 11.3 Å². The van der Waals surface area contributed by atoms with E-state index in [2.05, 4.69) is 0 Å². The van der Waals surface area contributed by atoms with E-state index in [1.807, 2.05) is 30.3 Å². The van der Waals surface area contributed by atoms with Gasteiger partial charge in [-0.15, -0.1) is 0 Å². The number of hydrogen-bond donors (Lipinski definition) is 0. The third kappa shape index (κ3) is 3.53. The lowest BCUT2D eigenvalue weighted by molar-refractivity contribution is 0.0473. The van der Waals surface area contributed by atoms with Crippen LogP contribution in [0.2, 0.25) is 9.36 Å². The monoisotopic (exact) mass is 379 g/mol. The molecule has 122 valence electrons. The van der Waals surface area contributed by atoms with E-state index in [1.54, 1.807) is 24.3 Å². The van der Waals surface area contributed by atoms with Crippen LogP contribution in [0.3, 0.4) is 0 Å². The van der Waals surface area contributed by atoms with E-state index >= 15 is 0 Å². The van der Waals surface area contributed by atoms with Crippen LogP contribution < -0.4 is 5.56 Å². The summed E-state index contributed by atoms with van der Waals surface area (Å²) in [7, 11) is 0. The fourth-order valence-corrected chi connectivity index (χ4v) is 3.30. The van der Waals surface area contributed by atoms with Crippen molar-refractivity contribution in [1.29, 1.82) is 0 Å². The molecule has 0 N–H and O–H groups in total. The average Bonchev–Trinajstić information content (AvgIpc) is 2.88. The van der Waals surface area contributed by atoms with Gasteiger partial charge in [-0.25, -0.2) is 8.75 Å². The molecule has 0 fully saturated rings. The highest BCUT2D eigenvalue weighted by molar-refractivity contribution is 7.12. The van der Waals surface area contributed by atoms with Crippen molar-refractivity contribution in [3.05, 3.63) is 85.4 Å². The zero-order valence-corrected chi connectivity index (χ0v) is 14.6. The Morgan fingerprint density at radius 3 is 2.29 bits per heavy atom. The first-order valence-electron chi connectivity index (χ1n) is 6.95. The van der Waals surface area contributed by atoms with Crippen LogP contribution in [0.15, 0.2) is 59.4 Å². The molecule has 0 saturated heterocycles. The van der Waals surface area contributed by atoms with Gasteiger partial charge in [0.1, 0.15) is 16.0 Å². The van der Waals surface area contributed by atoms with Gasteiger partial charge in [0, 0.05) is 0 Å². The highest BCUT2D eigenvalue weighted by Gasteiger charge is 2.13. The van der Waals surface area contributed by atoms with Gasteiger partial charge in [-0.3, -0.25) is 4.79 Å². The van der Waals surface area contributed by atoms with E-state index < -0.39 is 5.97 Å². The molecule has 1 aromatic heterocycles. The third-order valence-electron chi connectivity index (χ3n) is 3.27. The van der Waals surface area contributed by atoms with Crippen molar-refractivity contribution in [3.8, 4) is 5.69 Å². The number of esters is 1. The first kappa shape index (κ1) is 16.8. The number of aromatic nitrogens is 1. The van der Waals surface area contributed by atoms with E-state index in [0.29, 0.717) is 11.3 Å². The lowest BCUT2D eigenvalue weighted by atomic mass is 10.2. The van der Waals surface area contributed by atoms with Crippen molar-refractivity contribution in [2.45, 2.75) is 6.61 Å². The fraction of sp³-hybridized carbons (Fsp3) is 0.0588. The van der Waals surface area contributed by atoms with Crippen LogP contribution in [0.4, 0.5) is 0 Å². The number of hydrogen-bond acceptors (Lipinski definition) is 4. The summed E-state index contributed by atoms with van der Waals surface area (Å²) in [5.74, 6) is -0.431. The standard InChI is InChI=1S/C17H11Cl2NO3S/c18-14-15(19)24-20(16(14)21)13-8-6-12(7-9-13)17(22)23-10-11-4-2-1-3-5-11/h1-9H,10H2. The second-order valence-corrected chi connectivity index (χ2v) is 6.82. The van der Waals surface area contributed by atoms with Crippen LogP contribution >= 0.6 is 34.7 Å². The highest BCUT2D eigenvalue weighted by atomic mass is 35.5. The number of carbonyl (C=O) groups excluding carboxylic acids is 1. The molecule has 2 aromatic carbocycles.